The lowest BCUT2D eigenvalue weighted by Gasteiger charge is -2.32. The third kappa shape index (κ3) is 3.73. The molecule has 142 valence electrons. The summed E-state index contributed by atoms with van der Waals surface area (Å²) in [7, 11) is -4.05. The van der Waals surface area contributed by atoms with Crippen LogP contribution in [0.25, 0.3) is 5.57 Å². The Hall–Kier alpha value is -2.31. The van der Waals surface area contributed by atoms with Gasteiger partial charge in [0.05, 0.1) is 16.1 Å². The van der Waals surface area contributed by atoms with E-state index in [-0.39, 0.29) is 10.4 Å². The van der Waals surface area contributed by atoms with Crippen LogP contribution in [0.5, 0.6) is 0 Å². The predicted octanol–water partition coefficient (Wildman–Crippen LogP) is 4.69. The van der Waals surface area contributed by atoms with Crippen LogP contribution in [0.2, 0.25) is 5.02 Å². The second kappa shape index (κ2) is 6.69. The largest absolute Gasteiger partial charge is 0.376 e. The zero-order valence-corrected chi connectivity index (χ0v) is 17.1. The highest BCUT2D eigenvalue weighted by Crippen LogP contribution is 2.37. The van der Waals surface area contributed by atoms with Crippen molar-refractivity contribution < 1.29 is 13.2 Å². The van der Waals surface area contributed by atoms with Gasteiger partial charge in [-0.05, 0) is 68.8 Å². The fourth-order valence-corrected chi connectivity index (χ4v) is 4.84. The van der Waals surface area contributed by atoms with Crippen LogP contribution in [0.1, 0.15) is 33.3 Å². The van der Waals surface area contributed by atoms with E-state index in [0.29, 0.717) is 10.7 Å². The molecule has 2 aromatic rings. The Morgan fingerprint density at radius 2 is 1.74 bits per heavy atom. The molecule has 0 unspecified atom stereocenters. The van der Waals surface area contributed by atoms with Gasteiger partial charge < -0.3 is 5.32 Å². The van der Waals surface area contributed by atoms with Crippen molar-refractivity contribution in [3.8, 4) is 0 Å². The number of halogens is 1. The van der Waals surface area contributed by atoms with Crippen molar-refractivity contribution in [1.29, 1.82) is 0 Å². The molecule has 0 aliphatic carbocycles. The van der Waals surface area contributed by atoms with E-state index in [1.807, 2.05) is 6.92 Å². The van der Waals surface area contributed by atoms with Gasteiger partial charge in [0.25, 0.3) is 10.0 Å². The Morgan fingerprint density at radius 1 is 1.11 bits per heavy atom. The lowest BCUT2D eigenvalue weighted by molar-refractivity contribution is -0.115. The summed E-state index contributed by atoms with van der Waals surface area (Å²) in [5, 5.41) is 3.82. The molecule has 1 amide bonds. The van der Waals surface area contributed by atoms with E-state index in [9.17, 15) is 13.2 Å². The van der Waals surface area contributed by atoms with Crippen molar-refractivity contribution in [2.24, 2.45) is 0 Å². The highest BCUT2D eigenvalue weighted by atomic mass is 35.5. The molecule has 1 N–H and O–H groups in total. The molecule has 7 heteroatoms. The molecule has 0 spiro atoms. The number of anilines is 2. The number of carbonyl (C=O) groups is 1. The molecule has 0 atom stereocenters. The molecule has 0 radical (unpaired) electrons. The number of benzene rings is 2. The van der Waals surface area contributed by atoms with Crippen LogP contribution in [-0.2, 0) is 14.8 Å². The first-order chi connectivity index (χ1) is 12.5. The minimum atomic E-state index is -4.05. The van der Waals surface area contributed by atoms with Gasteiger partial charge in [0.1, 0.15) is 0 Å². The predicted molar refractivity (Wildman–Crippen MR) is 110 cm³/mol. The van der Waals surface area contributed by atoms with Crippen LogP contribution in [-0.4, -0.2) is 19.9 Å². The maximum Gasteiger partial charge on any atom is 0.270 e. The normalized spacial score (nSPS) is 15.4. The van der Waals surface area contributed by atoms with Crippen LogP contribution < -0.4 is 9.62 Å². The molecule has 0 saturated carbocycles. The van der Waals surface area contributed by atoms with E-state index in [4.69, 9.17) is 11.6 Å². The number of fused-ring (bicyclic) bond motifs is 1. The maximum absolute atomic E-state index is 13.1. The van der Waals surface area contributed by atoms with Crippen LogP contribution in [0.15, 0.2) is 53.4 Å². The first-order valence-corrected chi connectivity index (χ1v) is 10.3. The molecule has 1 aliphatic heterocycles. The summed E-state index contributed by atoms with van der Waals surface area (Å²) in [6.45, 7) is 7.31. The average Bonchev–Trinajstić information content (AvgIpc) is 2.54. The summed E-state index contributed by atoms with van der Waals surface area (Å²) in [6, 6.07) is 10.9. The molecule has 27 heavy (non-hydrogen) atoms. The number of hydrogen-bond donors (Lipinski definition) is 1. The van der Waals surface area contributed by atoms with Gasteiger partial charge in [-0.2, -0.15) is 0 Å². The van der Waals surface area contributed by atoms with Gasteiger partial charge in [-0.3, -0.25) is 4.79 Å². The molecule has 2 aromatic carbocycles. The molecule has 0 fully saturated rings. The molecular weight excluding hydrogens is 384 g/mol. The monoisotopic (exact) mass is 404 g/mol. The highest BCUT2D eigenvalue weighted by molar-refractivity contribution is 7.93. The zero-order valence-electron chi connectivity index (χ0n) is 15.6. The standard InChI is InChI=1S/C20H21ClN2O3S/c1-13-12-20(3,4)22-19-10-7-16(11-18(13)19)23(14(2)24)27(25,26)17-8-5-15(21)6-9-17/h5-12,22H,1-4H3. The first kappa shape index (κ1) is 19.5. The molecule has 0 saturated heterocycles. The molecule has 1 aliphatic rings. The summed E-state index contributed by atoms with van der Waals surface area (Å²) < 4.78 is 27.0. The van der Waals surface area contributed by atoms with E-state index in [1.54, 1.807) is 18.2 Å². The summed E-state index contributed by atoms with van der Waals surface area (Å²) in [6.07, 6.45) is 2.07. The van der Waals surface area contributed by atoms with E-state index >= 15 is 0 Å². The summed E-state index contributed by atoms with van der Waals surface area (Å²) in [5.74, 6) is -0.587. The smallest absolute Gasteiger partial charge is 0.270 e. The van der Waals surface area contributed by atoms with Crippen LogP contribution in [0.4, 0.5) is 11.4 Å². The summed E-state index contributed by atoms with van der Waals surface area (Å²) >= 11 is 5.85. The van der Waals surface area contributed by atoms with E-state index < -0.39 is 15.9 Å². The third-order valence-corrected chi connectivity index (χ3v) is 6.40. The Kier molecular flexibility index (Phi) is 4.82. The number of nitrogens with zero attached hydrogens (tertiary/aromatic N) is 1. The zero-order chi connectivity index (χ0) is 20.0. The van der Waals surface area contributed by atoms with Gasteiger partial charge in [0.15, 0.2) is 0 Å². The van der Waals surface area contributed by atoms with Gasteiger partial charge >= 0.3 is 0 Å². The van der Waals surface area contributed by atoms with Gasteiger partial charge in [0.2, 0.25) is 5.91 Å². The second-order valence-electron chi connectivity index (χ2n) is 7.15. The molecule has 5 nitrogen and oxygen atoms in total. The van der Waals surface area contributed by atoms with E-state index in [1.165, 1.54) is 31.2 Å². The van der Waals surface area contributed by atoms with Crippen LogP contribution in [0.3, 0.4) is 0 Å². The lowest BCUT2D eigenvalue weighted by Crippen LogP contribution is -2.36. The Bertz CT molecular complexity index is 1040. The lowest BCUT2D eigenvalue weighted by atomic mass is 9.91. The minimum Gasteiger partial charge on any atom is -0.376 e. The molecule has 0 aromatic heterocycles. The van der Waals surface area contributed by atoms with E-state index in [2.05, 4.69) is 25.2 Å². The minimum absolute atomic E-state index is 0.00587. The second-order valence-corrected chi connectivity index (χ2v) is 9.37. The average molecular weight is 405 g/mol. The number of amides is 1. The van der Waals surface area contributed by atoms with Crippen LogP contribution in [0, 0.1) is 0 Å². The molecule has 3 rings (SSSR count). The first-order valence-electron chi connectivity index (χ1n) is 8.45. The van der Waals surface area contributed by atoms with Crippen molar-refractivity contribution in [2.75, 3.05) is 9.62 Å². The van der Waals surface area contributed by atoms with Gasteiger partial charge in [-0.25, -0.2) is 12.7 Å². The summed E-state index contributed by atoms with van der Waals surface area (Å²) in [5.41, 5.74) is 2.88. The van der Waals surface area contributed by atoms with Crippen molar-refractivity contribution in [3.63, 3.8) is 0 Å². The van der Waals surface area contributed by atoms with Crippen LogP contribution >= 0.6 is 11.6 Å². The number of rotatable bonds is 3. The van der Waals surface area contributed by atoms with Gasteiger partial charge in [0, 0.05) is 23.2 Å². The quantitative estimate of drug-likeness (QED) is 0.805. The fourth-order valence-electron chi connectivity index (χ4n) is 3.30. The van der Waals surface area contributed by atoms with Crippen molar-refractivity contribution in [3.05, 3.63) is 59.1 Å². The number of nitrogens with one attached hydrogen (secondary N) is 1. The molecule has 1 heterocycles. The maximum atomic E-state index is 13.1. The molecule has 0 bridgehead atoms. The van der Waals surface area contributed by atoms with Crippen molar-refractivity contribution >= 4 is 44.5 Å². The Morgan fingerprint density at radius 3 is 2.33 bits per heavy atom. The van der Waals surface area contributed by atoms with E-state index in [0.717, 1.165) is 21.1 Å². The summed E-state index contributed by atoms with van der Waals surface area (Å²) in [4.78, 5) is 12.3. The van der Waals surface area contributed by atoms with Gasteiger partial charge in [-0.15, -0.1) is 0 Å². The third-order valence-electron chi connectivity index (χ3n) is 4.33. The van der Waals surface area contributed by atoms with Gasteiger partial charge in [-0.1, -0.05) is 17.7 Å². The topological polar surface area (TPSA) is 66.5 Å². The van der Waals surface area contributed by atoms with Crippen molar-refractivity contribution in [1.82, 2.24) is 0 Å². The number of allylic oxidation sites excluding steroid dienone is 1. The number of sulfonamides is 1. The van der Waals surface area contributed by atoms with Crippen molar-refractivity contribution in [2.45, 2.75) is 38.1 Å². The fraction of sp³-hybridized carbons (Fsp3) is 0.250. The number of hydrogen-bond acceptors (Lipinski definition) is 4. The number of carbonyl (C=O) groups excluding carboxylic acids is 1. The Balaban J connectivity index is 2.11. The molecular formula is C20H21ClN2O3S. The Labute approximate surface area is 164 Å². The highest BCUT2D eigenvalue weighted by Gasteiger charge is 2.30. The SMILES string of the molecule is CC(=O)N(c1ccc2c(c1)C(C)=CC(C)(C)N2)S(=O)(=O)c1ccc(Cl)cc1.